The van der Waals surface area contributed by atoms with Crippen LogP contribution in [0.1, 0.15) is 137 Å². The van der Waals surface area contributed by atoms with Crippen LogP contribution < -0.4 is 58.9 Å². The number of nitrogens with two attached hydrogens (primary N) is 3. The number of carboxylic acid groups (broad SMARTS) is 1. The van der Waals surface area contributed by atoms with Crippen molar-refractivity contribution in [1.29, 1.82) is 0 Å². The summed E-state index contributed by atoms with van der Waals surface area (Å²) in [7, 11) is 4.58. The number of nitrogens with zero attached hydrogens (tertiary/aromatic N) is 12. The van der Waals surface area contributed by atoms with E-state index in [2.05, 4.69) is 72.4 Å². The van der Waals surface area contributed by atoms with Gasteiger partial charge in [-0.3, -0.25) is 38.0 Å². The predicted octanol–water partition coefficient (Wildman–Crippen LogP) is 14.0. The number of aryl methyl sites for hydroxylation is 3. The standard InChI is InChI=1S/C33H29ClN6O3.C27H33BN6O4.C14H18N6O.C13H17BO4.C11H7BrClNO/c1-39-19-25(18-37-39)24-8-11-30(35)29(16-24)32(41)38-26-13-15-40(20-26)33(42)23-4-2-21(3-5-23)22-6-9-27(10-7-22)43-28-12-14-36-31(34)17-28;1-26(2)27(3,4)38-28(37-26)20-8-6-17(7-9-20)25(36)34-11-10-21(16-34)32-24(35)22-12-18(13-30-23(22)29)19-14-31-33(5)15-19;1-20-8-10(6-18-20)9-4-12(13(15)17-5-9)14(21)19-11-2-3-16-7-11;1-12(2)13(3,4)18-14(17-12)10-7-5-9(6-8-10)11(15)16;12-8-1-3-9(4-2-8)15-10-5-6-14-11(13)7-10/h2-12,14,16-19,26H,13,15,20,35H2,1H3,(H,38,41);6-9,12-15,21H,10-11,16H2,1-5H3,(H2,29,30)(H,32,35);4-6,8,11,16H,2-3,7H2,1H3,(H2,15,17)(H,19,21);5-8H,1-4H3,(H,15,16);1-7H/t26-;21-;11-;;/m111../s1. The zero-order valence-corrected chi connectivity index (χ0v) is 79.4. The Kier molecular flexibility index (Phi) is 30.5. The average Bonchev–Trinajstić information content (AvgIpc) is 1.62. The Morgan fingerprint density at radius 3 is 1.20 bits per heavy atom. The molecule has 32 nitrogen and oxygen atoms in total. The molecule has 3 atom stereocenters. The lowest BCUT2D eigenvalue weighted by atomic mass is 9.79. The van der Waals surface area contributed by atoms with Gasteiger partial charge in [0.2, 0.25) is 0 Å². The molecule has 0 spiro atoms. The molecule has 18 rings (SSSR count). The Balaban J connectivity index is 0.000000143. The number of halogens is 3. The smallest absolute Gasteiger partial charge is 0.478 e. The number of hydrogen-bond acceptors (Lipinski definition) is 23. The first-order valence-electron chi connectivity index (χ1n) is 43.6. The first-order valence-corrected chi connectivity index (χ1v) is 45.2. The quantitative estimate of drug-likeness (QED) is 0.0212. The van der Waals surface area contributed by atoms with E-state index in [0.717, 1.165) is 85.2 Å². The normalized spacial score (nSPS) is 16.9. The van der Waals surface area contributed by atoms with Crippen LogP contribution in [0.5, 0.6) is 23.0 Å². The van der Waals surface area contributed by atoms with E-state index in [0.29, 0.717) is 100 Å². The van der Waals surface area contributed by atoms with Gasteiger partial charge in [0.15, 0.2) is 0 Å². The SMILES string of the molecule is CC1(C)OB(c2ccc(C(=O)O)cc2)OC1(C)C.Clc1cc(Oc2ccc(Br)cc2)ccn1.Cn1cc(-c2ccc(N)c(C(=O)N[C@@H]3CCN(C(=O)c4ccc(-c5ccc(Oc6ccnc(Cl)c6)cc5)cc4)C3)c2)cn1.Cn1cc(-c2cnc(N)c(C(=O)N[C@@H]3CCN(C(=O)c4ccc(B5OC(C)(C)C(C)(C)O5)cc4)C3)c2)cn1.Cn1cc(-c2cnc(N)c(C(=O)N[C@@H]3CCNC3)c2)cn1. The fourth-order valence-corrected chi connectivity index (χ4v) is 15.6. The molecule has 0 saturated carbocycles. The van der Waals surface area contributed by atoms with Gasteiger partial charge < -0.3 is 81.5 Å². The Labute approximate surface area is 800 Å². The summed E-state index contributed by atoms with van der Waals surface area (Å²) in [5.74, 6) is 1.29. The van der Waals surface area contributed by atoms with Crippen molar-refractivity contribution >= 4 is 117 Å². The number of benzene rings is 6. The molecule has 5 aliphatic heterocycles. The third kappa shape index (κ3) is 24.7. The average molecular weight is 1930 g/mol. The van der Waals surface area contributed by atoms with E-state index in [1.54, 1.807) is 152 Å². The van der Waals surface area contributed by atoms with Crippen LogP contribution in [0.15, 0.2) is 242 Å². The van der Waals surface area contributed by atoms with E-state index in [1.807, 2.05) is 186 Å². The van der Waals surface area contributed by atoms with Crippen LogP contribution in [-0.4, -0.2) is 194 Å². The Morgan fingerprint density at radius 1 is 0.437 bits per heavy atom. The minimum Gasteiger partial charge on any atom is -0.478 e. The molecule has 0 aliphatic carbocycles. The Morgan fingerprint density at radius 2 is 0.807 bits per heavy atom. The van der Waals surface area contributed by atoms with Crippen LogP contribution in [0, 0.1) is 0 Å². The van der Waals surface area contributed by atoms with Gasteiger partial charge in [-0.25, -0.2) is 24.7 Å². The van der Waals surface area contributed by atoms with Gasteiger partial charge in [-0.1, -0.05) is 93.7 Å². The molecular formula is C98H104B2BrCl2N19O13. The number of nitrogen functional groups attached to an aromatic ring is 3. The zero-order valence-electron chi connectivity index (χ0n) is 76.3. The molecule has 13 aromatic rings. The molecule has 135 heavy (non-hydrogen) atoms. The van der Waals surface area contributed by atoms with Gasteiger partial charge in [-0.05, 0) is 218 Å². The molecule has 11 N–H and O–H groups in total. The molecule has 5 aliphatic rings. The summed E-state index contributed by atoms with van der Waals surface area (Å²) in [4.78, 5) is 95.3. The van der Waals surface area contributed by atoms with Crippen LogP contribution in [0.4, 0.5) is 17.3 Å². The molecular weight excluding hydrogens is 1820 g/mol. The highest BCUT2D eigenvalue weighted by molar-refractivity contribution is 9.10. The van der Waals surface area contributed by atoms with Crippen molar-refractivity contribution in [2.24, 2.45) is 21.1 Å². The maximum absolute atomic E-state index is 13.3. The number of carbonyl (C=O) groups is 6. The molecule has 37 heteroatoms. The van der Waals surface area contributed by atoms with Crippen molar-refractivity contribution in [2.45, 2.75) is 115 Å². The molecule has 0 unspecified atom stereocenters. The van der Waals surface area contributed by atoms with Crippen molar-refractivity contribution in [3.8, 4) is 67.5 Å². The fraction of sp³-hybridized carbons (Fsp3) is 0.276. The van der Waals surface area contributed by atoms with Crippen molar-refractivity contribution in [2.75, 3.05) is 56.5 Å². The van der Waals surface area contributed by atoms with Crippen molar-refractivity contribution in [1.82, 2.24) is 80.3 Å². The van der Waals surface area contributed by atoms with Gasteiger partial charge in [-0.15, -0.1) is 0 Å². The van der Waals surface area contributed by atoms with Crippen LogP contribution in [0.25, 0.3) is 44.5 Å². The second-order valence-electron chi connectivity index (χ2n) is 35.0. The van der Waals surface area contributed by atoms with E-state index in [9.17, 15) is 28.8 Å². The first-order chi connectivity index (χ1) is 64.3. The molecule has 5 saturated heterocycles. The molecule has 696 valence electrons. The maximum atomic E-state index is 13.3. The highest BCUT2D eigenvalue weighted by Crippen LogP contribution is 2.39. The summed E-state index contributed by atoms with van der Waals surface area (Å²) in [6.45, 7) is 19.6. The first kappa shape index (κ1) is 97.4. The number of carbonyl (C=O) groups excluding carboxylic acids is 5. The lowest BCUT2D eigenvalue weighted by Gasteiger charge is -2.32. The second kappa shape index (κ2) is 42.3. The highest BCUT2D eigenvalue weighted by Gasteiger charge is 2.53. The Hall–Kier alpha value is -13.6. The lowest BCUT2D eigenvalue weighted by Crippen LogP contribution is -2.41. The van der Waals surface area contributed by atoms with Crippen molar-refractivity contribution in [3.05, 3.63) is 286 Å². The summed E-state index contributed by atoms with van der Waals surface area (Å²) in [5.41, 5.74) is 28.1. The molecule has 5 fully saturated rings. The van der Waals surface area contributed by atoms with Crippen LogP contribution in [-0.2, 0) is 39.8 Å². The van der Waals surface area contributed by atoms with Crippen molar-refractivity contribution in [3.63, 3.8) is 0 Å². The van der Waals surface area contributed by atoms with E-state index in [-0.39, 0.29) is 76.1 Å². The molecule has 5 amide bonds. The summed E-state index contributed by atoms with van der Waals surface area (Å²) < 4.78 is 41.5. The molecule has 0 radical (unpaired) electrons. The number of anilines is 3. The van der Waals surface area contributed by atoms with Gasteiger partial charge in [0.1, 0.15) is 44.9 Å². The van der Waals surface area contributed by atoms with Crippen LogP contribution in [0.2, 0.25) is 10.3 Å². The number of hydrogen-bond donors (Lipinski definition) is 8. The number of ether oxygens (including phenoxy) is 2. The van der Waals surface area contributed by atoms with E-state index in [1.165, 1.54) is 0 Å². The monoisotopic (exact) mass is 1930 g/mol. The lowest BCUT2D eigenvalue weighted by molar-refractivity contribution is 0.00578. The largest absolute Gasteiger partial charge is 0.494 e. The number of nitrogens with one attached hydrogen (secondary N) is 4. The minimum atomic E-state index is -0.935. The third-order valence-corrected chi connectivity index (χ3v) is 25.1. The number of aromatic nitrogens is 10. The van der Waals surface area contributed by atoms with Gasteiger partial charge in [0.05, 0.1) is 63.2 Å². The second-order valence-corrected chi connectivity index (χ2v) is 36.7. The summed E-state index contributed by atoms with van der Waals surface area (Å²) in [6.07, 6.45) is 19.5. The fourth-order valence-electron chi connectivity index (χ4n) is 15.0. The highest BCUT2D eigenvalue weighted by atomic mass is 79.9. The Bertz CT molecular complexity index is 6390. The molecule has 6 aromatic carbocycles. The van der Waals surface area contributed by atoms with Gasteiger partial charge >= 0.3 is 20.2 Å². The minimum absolute atomic E-state index is 0.0684. The van der Waals surface area contributed by atoms with E-state index in [4.69, 9.17) is 73.6 Å². The number of aromatic carboxylic acids is 1. The molecule has 12 heterocycles. The number of pyridine rings is 4. The zero-order chi connectivity index (χ0) is 96.2. The number of rotatable bonds is 19. The van der Waals surface area contributed by atoms with Crippen LogP contribution in [0.3, 0.4) is 0 Å². The summed E-state index contributed by atoms with van der Waals surface area (Å²) in [5, 5.41) is 34.4. The number of carboxylic acids is 1. The predicted molar refractivity (Wildman–Crippen MR) is 523 cm³/mol. The summed E-state index contributed by atoms with van der Waals surface area (Å²) >= 11 is 15.0. The maximum Gasteiger partial charge on any atom is 0.494 e. The van der Waals surface area contributed by atoms with Crippen LogP contribution >= 0.6 is 39.1 Å². The van der Waals surface area contributed by atoms with Gasteiger partial charge in [-0.2, -0.15) is 15.3 Å². The van der Waals surface area contributed by atoms with Crippen molar-refractivity contribution < 1.29 is 62.0 Å². The van der Waals surface area contributed by atoms with E-state index >= 15 is 0 Å². The van der Waals surface area contributed by atoms with Gasteiger partial charge in [0, 0.05) is 177 Å². The van der Waals surface area contributed by atoms with Gasteiger partial charge in [0.25, 0.3) is 29.5 Å². The third-order valence-electron chi connectivity index (χ3n) is 24.1. The topological polar surface area (TPSA) is 416 Å². The van der Waals surface area contributed by atoms with E-state index < -0.39 is 31.4 Å². The molecule has 7 aromatic heterocycles. The number of amides is 5. The number of likely N-dealkylation sites (tertiary alicyclic amines) is 2. The summed E-state index contributed by atoms with van der Waals surface area (Å²) in [6, 6.07) is 52.2. The molecule has 0 bridgehead atoms.